The lowest BCUT2D eigenvalue weighted by atomic mass is 9.88. The number of nitrogens with zero attached hydrogens (tertiary/aromatic N) is 1. The zero-order valence-electron chi connectivity index (χ0n) is 15.9. The first-order chi connectivity index (χ1) is 13.8. The van der Waals surface area contributed by atoms with Gasteiger partial charge >= 0.3 is 6.18 Å². The highest BCUT2D eigenvalue weighted by atomic mass is 19.4. The van der Waals surface area contributed by atoms with Gasteiger partial charge in [-0.15, -0.1) is 0 Å². The van der Waals surface area contributed by atoms with Crippen LogP contribution in [0, 0.1) is 0 Å². The maximum atomic E-state index is 12.8. The van der Waals surface area contributed by atoms with Crippen molar-refractivity contribution in [2.75, 3.05) is 5.32 Å². The number of nitrogens with one attached hydrogen (secondary N) is 1. The van der Waals surface area contributed by atoms with E-state index < -0.39 is 11.7 Å². The number of halogens is 3. The number of hydrogen-bond donors (Lipinski definition) is 2. The molecule has 1 aromatic heterocycles. The van der Waals surface area contributed by atoms with Crippen molar-refractivity contribution in [3.63, 3.8) is 0 Å². The summed E-state index contributed by atoms with van der Waals surface area (Å²) in [6.07, 6.45) is -2.05. The van der Waals surface area contributed by atoms with E-state index in [4.69, 9.17) is 4.42 Å². The van der Waals surface area contributed by atoms with Crippen molar-refractivity contribution in [2.24, 2.45) is 0 Å². The van der Waals surface area contributed by atoms with Crippen molar-refractivity contribution in [3.8, 4) is 11.3 Å². The van der Waals surface area contributed by atoms with Gasteiger partial charge < -0.3 is 14.8 Å². The van der Waals surface area contributed by atoms with Gasteiger partial charge in [0.1, 0.15) is 0 Å². The Hall–Kier alpha value is -2.80. The van der Waals surface area contributed by atoms with E-state index in [9.17, 15) is 18.3 Å². The van der Waals surface area contributed by atoms with Crippen LogP contribution in [0.2, 0.25) is 0 Å². The summed E-state index contributed by atoms with van der Waals surface area (Å²) in [6, 6.07) is 11.1. The Balaban J connectivity index is 1.64. The first-order valence-corrected chi connectivity index (χ1v) is 9.58. The fourth-order valence-corrected chi connectivity index (χ4v) is 3.68. The Morgan fingerprint density at radius 1 is 1.17 bits per heavy atom. The second-order valence-corrected chi connectivity index (χ2v) is 7.19. The molecule has 3 aromatic rings. The molecule has 4 rings (SSSR count). The van der Waals surface area contributed by atoms with Gasteiger partial charge in [-0.3, -0.25) is 0 Å². The largest absolute Gasteiger partial charge is 0.423 e. The van der Waals surface area contributed by atoms with Gasteiger partial charge in [-0.1, -0.05) is 31.2 Å². The van der Waals surface area contributed by atoms with Crippen LogP contribution in [0.4, 0.5) is 24.9 Å². The molecule has 2 aromatic carbocycles. The van der Waals surface area contributed by atoms with Crippen LogP contribution in [-0.4, -0.2) is 16.2 Å². The maximum Gasteiger partial charge on any atom is 0.416 e. The van der Waals surface area contributed by atoms with E-state index in [0.717, 1.165) is 36.2 Å². The minimum atomic E-state index is -4.38. The fraction of sp³-hybridized carbons (Fsp3) is 0.318. The first-order valence-electron chi connectivity index (χ1n) is 9.58. The number of benzene rings is 2. The number of rotatable bonds is 4. The van der Waals surface area contributed by atoms with Crippen LogP contribution in [0.3, 0.4) is 0 Å². The van der Waals surface area contributed by atoms with Gasteiger partial charge in [0, 0.05) is 17.7 Å². The highest BCUT2D eigenvalue weighted by Gasteiger charge is 2.30. The lowest BCUT2D eigenvalue weighted by Crippen LogP contribution is -2.19. The first kappa shape index (κ1) is 19.5. The quantitative estimate of drug-likeness (QED) is 0.604. The number of aliphatic hydroxyl groups excluding tert-OH is 1. The van der Waals surface area contributed by atoms with Crippen molar-refractivity contribution < 1.29 is 22.7 Å². The normalized spacial score (nSPS) is 16.5. The highest BCUT2D eigenvalue weighted by molar-refractivity contribution is 5.65. The van der Waals surface area contributed by atoms with Crippen LogP contribution in [-0.2, 0) is 25.4 Å². The molecular weight excluding hydrogens is 381 g/mol. The number of aromatic nitrogens is 1. The third kappa shape index (κ3) is 4.00. The summed E-state index contributed by atoms with van der Waals surface area (Å²) in [5.41, 5.74) is 3.55. The van der Waals surface area contributed by atoms with E-state index in [-0.39, 0.29) is 12.1 Å². The van der Waals surface area contributed by atoms with E-state index in [1.165, 1.54) is 17.7 Å². The van der Waals surface area contributed by atoms with Crippen LogP contribution >= 0.6 is 0 Å². The molecule has 1 aliphatic carbocycles. The van der Waals surface area contributed by atoms with E-state index in [1.807, 2.05) is 25.1 Å². The molecule has 0 spiro atoms. The SMILES string of the molecule is CCc1nc(Nc2cccc3c2C[C@@H](O)CC3)oc1-c1ccc(C(F)(F)F)cc1. The zero-order chi connectivity index (χ0) is 20.6. The van der Waals surface area contributed by atoms with Crippen molar-refractivity contribution >= 4 is 11.7 Å². The second kappa shape index (κ2) is 7.55. The second-order valence-electron chi connectivity index (χ2n) is 7.19. The molecule has 0 radical (unpaired) electrons. The smallest absolute Gasteiger partial charge is 0.416 e. The van der Waals surface area contributed by atoms with Crippen molar-refractivity contribution in [2.45, 2.75) is 44.9 Å². The topological polar surface area (TPSA) is 58.3 Å². The van der Waals surface area contributed by atoms with Crippen LogP contribution in [0.1, 0.15) is 35.7 Å². The molecule has 2 N–H and O–H groups in total. The summed E-state index contributed by atoms with van der Waals surface area (Å²) in [4.78, 5) is 4.48. The van der Waals surface area contributed by atoms with Gasteiger partial charge in [0.05, 0.1) is 17.4 Å². The molecule has 0 unspecified atom stereocenters. The average molecular weight is 402 g/mol. The number of hydrogen-bond acceptors (Lipinski definition) is 4. The molecule has 4 nitrogen and oxygen atoms in total. The summed E-state index contributed by atoms with van der Waals surface area (Å²) in [5, 5.41) is 13.2. The minimum Gasteiger partial charge on any atom is -0.423 e. The van der Waals surface area contributed by atoms with Crippen molar-refractivity contribution in [1.82, 2.24) is 4.98 Å². The molecule has 0 fully saturated rings. The molecule has 29 heavy (non-hydrogen) atoms. The van der Waals surface area contributed by atoms with E-state index in [0.29, 0.717) is 29.9 Å². The summed E-state index contributed by atoms with van der Waals surface area (Å²) >= 11 is 0. The van der Waals surface area contributed by atoms with Gasteiger partial charge in [-0.2, -0.15) is 18.2 Å². The predicted molar refractivity (Wildman–Crippen MR) is 104 cm³/mol. The molecule has 1 atom stereocenters. The summed E-state index contributed by atoms with van der Waals surface area (Å²) < 4.78 is 44.3. The fourth-order valence-electron chi connectivity index (χ4n) is 3.68. The third-order valence-corrected chi connectivity index (χ3v) is 5.21. The van der Waals surface area contributed by atoms with Crippen molar-refractivity contribution in [1.29, 1.82) is 0 Å². The summed E-state index contributed by atoms with van der Waals surface area (Å²) in [5.74, 6) is 0.452. The Kier molecular flexibility index (Phi) is 5.08. The van der Waals surface area contributed by atoms with E-state index >= 15 is 0 Å². The number of anilines is 2. The standard InChI is InChI=1S/C22H21F3N2O2/c1-2-18-20(14-6-9-15(10-7-14)22(23,24)25)29-21(26-18)27-19-5-3-4-13-8-11-16(28)12-17(13)19/h3-7,9-10,16,28H,2,8,11-12H2,1H3,(H,26,27)/t16-/m0/s1. The van der Waals surface area contributed by atoms with Gasteiger partial charge in [0.15, 0.2) is 5.76 Å². The number of oxazole rings is 1. The maximum absolute atomic E-state index is 12.8. The summed E-state index contributed by atoms with van der Waals surface area (Å²) in [6.45, 7) is 1.91. The lowest BCUT2D eigenvalue weighted by Gasteiger charge is -2.23. The molecule has 1 heterocycles. The van der Waals surface area contributed by atoms with Crippen molar-refractivity contribution in [3.05, 3.63) is 64.8 Å². The van der Waals surface area contributed by atoms with Crippen LogP contribution in [0.5, 0.6) is 0 Å². The molecular formula is C22H21F3N2O2. The molecule has 0 bridgehead atoms. The minimum absolute atomic E-state index is 0.283. The molecule has 0 aliphatic heterocycles. The third-order valence-electron chi connectivity index (χ3n) is 5.21. The average Bonchev–Trinajstić information content (AvgIpc) is 3.11. The molecule has 152 valence electrons. The van der Waals surface area contributed by atoms with E-state index in [1.54, 1.807) is 0 Å². The predicted octanol–water partition coefficient (Wildman–Crippen LogP) is 5.52. The zero-order valence-corrected chi connectivity index (χ0v) is 15.9. The van der Waals surface area contributed by atoms with Gasteiger partial charge in [-0.25, -0.2) is 0 Å². The number of alkyl halides is 3. The molecule has 7 heteroatoms. The number of aryl methyl sites for hydroxylation is 2. The van der Waals surface area contributed by atoms with Crippen LogP contribution in [0.15, 0.2) is 46.9 Å². The van der Waals surface area contributed by atoms with Crippen LogP contribution in [0.25, 0.3) is 11.3 Å². The van der Waals surface area contributed by atoms with Gasteiger partial charge in [-0.05, 0) is 48.6 Å². The van der Waals surface area contributed by atoms with Gasteiger partial charge in [0.2, 0.25) is 0 Å². The number of fused-ring (bicyclic) bond motifs is 1. The molecule has 1 aliphatic rings. The highest BCUT2D eigenvalue weighted by Crippen LogP contribution is 2.35. The summed E-state index contributed by atoms with van der Waals surface area (Å²) in [7, 11) is 0. The Bertz CT molecular complexity index is 1010. The Morgan fingerprint density at radius 3 is 2.62 bits per heavy atom. The monoisotopic (exact) mass is 402 g/mol. The molecule has 0 saturated carbocycles. The Morgan fingerprint density at radius 2 is 1.93 bits per heavy atom. The van der Waals surface area contributed by atoms with Crippen LogP contribution < -0.4 is 5.32 Å². The Labute approximate surface area is 166 Å². The molecule has 0 amide bonds. The van der Waals surface area contributed by atoms with E-state index in [2.05, 4.69) is 10.3 Å². The van der Waals surface area contributed by atoms with Gasteiger partial charge in [0.25, 0.3) is 6.01 Å². The lowest BCUT2D eigenvalue weighted by molar-refractivity contribution is -0.137. The molecule has 0 saturated heterocycles. The number of aliphatic hydroxyl groups is 1.